The molecule has 0 unspecified atom stereocenters. The summed E-state index contributed by atoms with van der Waals surface area (Å²) in [7, 11) is 1.64. The molecule has 23 heavy (non-hydrogen) atoms. The van der Waals surface area contributed by atoms with Gasteiger partial charge in [-0.3, -0.25) is 4.79 Å². The molecule has 2 aromatic rings. The van der Waals surface area contributed by atoms with Crippen LogP contribution in [0.4, 0.5) is 5.95 Å². The van der Waals surface area contributed by atoms with Gasteiger partial charge in [0.1, 0.15) is 11.4 Å². The monoisotopic (exact) mass is 312 g/mol. The van der Waals surface area contributed by atoms with Crippen LogP contribution in [-0.2, 0) is 6.54 Å². The van der Waals surface area contributed by atoms with E-state index in [4.69, 9.17) is 4.74 Å². The number of para-hydroxylation sites is 1. The summed E-state index contributed by atoms with van der Waals surface area (Å²) in [4.78, 5) is 22.7. The van der Waals surface area contributed by atoms with Gasteiger partial charge in [-0.15, -0.1) is 0 Å². The van der Waals surface area contributed by atoms with E-state index in [1.54, 1.807) is 19.4 Å². The number of aromatic nitrogens is 2. The van der Waals surface area contributed by atoms with Crippen LogP contribution in [0.3, 0.4) is 0 Å². The lowest BCUT2D eigenvalue weighted by molar-refractivity contribution is 0.0787. The number of hydrogen-bond acceptors (Lipinski definition) is 5. The molecule has 1 aromatic heterocycles. The lowest BCUT2D eigenvalue weighted by Gasteiger charge is -2.15. The summed E-state index contributed by atoms with van der Waals surface area (Å²) in [5, 5.41) is 3.15. The number of nitrogens with zero attached hydrogens (tertiary/aromatic N) is 3. The number of carbonyl (C=O) groups excluding carboxylic acids is 1. The topological polar surface area (TPSA) is 67.3 Å². The van der Waals surface area contributed by atoms with Crippen molar-refractivity contribution in [2.75, 3.05) is 25.5 Å². The van der Waals surface area contributed by atoms with E-state index in [1.807, 2.05) is 29.2 Å². The van der Waals surface area contributed by atoms with Crippen molar-refractivity contribution in [2.45, 2.75) is 19.4 Å². The first-order chi connectivity index (χ1) is 11.3. The minimum atomic E-state index is -0.0229. The van der Waals surface area contributed by atoms with Gasteiger partial charge in [0.25, 0.3) is 5.91 Å². The fourth-order valence-corrected chi connectivity index (χ4v) is 2.67. The molecule has 6 heteroatoms. The van der Waals surface area contributed by atoms with Crippen LogP contribution in [0.2, 0.25) is 0 Å². The Kier molecular flexibility index (Phi) is 4.71. The number of methoxy groups -OCH3 is 1. The molecule has 1 aliphatic rings. The van der Waals surface area contributed by atoms with Crippen LogP contribution in [-0.4, -0.2) is 41.0 Å². The van der Waals surface area contributed by atoms with Crippen LogP contribution < -0.4 is 10.1 Å². The molecule has 0 aliphatic carbocycles. The molecule has 0 bridgehead atoms. The lowest BCUT2D eigenvalue weighted by atomic mass is 10.2. The van der Waals surface area contributed by atoms with E-state index >= 15 is 0 Å². The first kappa shape index (κ1) is 15.3. The van der Waals surface area contributed by atoms with Crippen molar-refractivity contribution in [3.63, 3.8) is 0 Å². The number of ether oxygens (including phenoxy) is 1. The van der Waals surface area contributed by atoms with Gasteiger partial charge in [-0.05, 0) is 25.0 Å². The maximum absolute atomic E-state index is 12.4. The van der Waals surface area contributed by atoms with Gasteiger partial charge in [-0.2, -0.15) is 0 Å². The Morgan fingerprint density at radius 2 is 2.04 bits per heavy atom. The van der Waals surface area contributed by atoms with Crippen molar-refractivity contribution in [3.05, 3.63) is 47.8 Å². The van der Waals surface area contributed by atoms with Crippen LogP contribution in [0.5, 0.6) is 5.75 Å². The second-order valence-electron chi connectivity index (χ2n) is 5.43. The van der Waals surface area contributed by atoms with Crippen molar-refractivity contribution in [1.82, 2.24) is 14.9 Å². The molecule has 0 atom stereocenters. The number of amides is 1. The van der Waals surface area contributed by atoms with E-state index in [9.17, 15) is 4.79 Å². The minimum absolute atomic E-state index is 0.0229. The molecular weight excluding hydrogens is 292 g/mol. The SMILES string of the molecule is COc1ccccc1CNc1nccc(C(=O)N2CCCC2)n1. The zero-order chi connectivity index (χ0) is 16.1. The van der Waals surface area contributed by atoms with Gasteiger partial charge >= 0.3 is 0 Å². The number of likely N-dealkylation sites (tertiary alicyclic amines) is 1. The highest BCUT2D eigenvalue weighted by Crippen LogP contribution is 2.18. The highest BCUT2D eigenvalue weighted by Gasteiger charge is 2.20. The first-order valence-electron chi connectivity index (χ1n) is 7.76. The fourth-order valence-electron chi connectivity index (χ4n) is 2.67. The zero-order valence-electron chi connectivity index (χ0n) is 13.2. The van der Waals surface area contributed by atoms with Gasteiger partial charge < -0.3 is 15.0 Å². The summed E-state index contributed by atoms with van der Waals surface area (Å²) in [5.74, 6) is 1.23. The highest BCUT2D eigenvalue weighted by molar-refractivity contribution is 5.92. The predicted molar refractivity (Wildman–Crippen MR) is 87.5 cm³/mol. The van der Waals surface area contributed by atoms with E-state index in [1.165, 1.54) is 0 Å². The van der Waals surface area contributed by atoms with Crippen LogP contribution in [0.15, 0.2) is 36.5 Å². The van der Waals surface area contributed by atoms with Crippen molar-refractivity contribution >= 4 is 11.9 Å². The van der Waals surface area contributed by atoms with Crippen molar-refractivity contribution in [2.24, 2.45) is 0 Å². The average Bonchev–Trinajstić information content (AvgIpc) is 3.14. The third-order valence-electron chi connectivity index (χ3n) is 3.90. The summed E-state index contributed by atoms with van der Waals surface area (Å²) >= 11 is 0. The van der Waals surface area contributed by atoms with Gasteiger partial charge in [0.05, 0.1) is 7.11 Å². The van der Waals surface area contributed by atoms with E-state index in [-0.39, 0.29) is 5.91 Å². The van der Waals surface area contributed by atoms with Crippen molar-refractivity contribution in [3.8, 4) is 5.75 Å². The molecule has 0 radical (unpaired) electrons. The quantitative estimate of drug-likeness (QED) is 0.918. The van der Waals surface area contributed by atoms with Crippen LogP contribution in [0, 0.1) is 0 Å². The summed E-state index contributed by atoms with van der Waals surface area (Å²) in [6.07, 6.45) is 3.74. The Morgan fingerprint density at radius 3 is 2.83 bits per heavy atom. The molecule has 1 amide bonds. The molecule has 0 saturated carbocycles. The Bertz CT molecular complexity index is 684. The van der Waals surface area contributed by atoms with Gasteiger partial charge in [0.15, 0.2) is 0 Å². The van der Waals surface area contributed by atoms with Gasteiger partial charge in [0, 0.05) is 31.4 Å². The molecule has 1 aromatic carbocycles. The fraction of sp³-hybridized carbons (Fsp3) is 0.353. The number of hydrogen-bond donors (Lipinski definition) is 1. The maximum atomic E-state index is 12.4. The molecule has 1 saturated heterocycles. The van der Waals surface area contributed by atoms with E-state index in [0.29, 0.717) is 18.2 Å². The summed E-state index contributed by atoms with van der Waals surface area (Å²) in [6.45, 7) is 2.16. The normalized spacial score (nSPS) is 13.9. The average molecular weight is 312 g/mol. The van der Waals surface area contributed by atoms with Gasteiger partial charge in [-0.25, -0.2) is 9.97 Å². The molecular formula is C17H20N4O2. The van der Waals surface area contributed by atoms with E-state index in [2.05, 4.69) is 15.3 Å². The standard InChI is InChI=1S/C17H20N4O2/c1-23-15-7-3-2-6-13(15)12-19-17-18-9-8-14(20-17)16(22)21-10-4-5-11-21/h2-3,6-9H,4-5,10-12H2,1H3,(H,18,19,20). The molecule has 1 N–H and O–H groups in total. The molecule has 3 rings (SSSR count). The number of carbonyl (C=O) groups is 1. The number of benzene rings is 1. The lowest BCUT2D eigenvalue weighted by Crippen LogP contribution is -2.28. The van der Waals surface area contributed by atoms with E-state index < -0.39 is 0 Å². The Balaban J connectivity index is 1.69. The smallest absolute Gasteiger partial charge is 0.272 e. The van der Waals surface area contributed by atoms with Crippen LogP contribution in [0.25, 0.3) is 0 Å². The minimum Gasteiger partial charge on any atom is -0.496 e. The molecule has 6 nitrogen and oxygen atoms in total. The first-order valence-corrected chi connectivity index (χ1v) is 7.76. The summed E-state index contributed by atoms with van der Waals surface area (Å²) in [6, 6.07) is 9.42. The Labute approximate surface area is 135 Å². The summed E-state index contributed by atoms with van der Waals surface area (Å²) < 4.78 is 5.32. The molecule has 1 fully saturated rings. The Hall–Kier alpha value is -2.63. The predicted octanol–water partition coefficient (Wildman–Crippen LogP) is 2.33. The third kappa shape index (κ3) is 3.59. The summed E-state index contributed by atoms with van der Waals surface area (Å²) in [5.41, 5.74) is 1.44. The van der Waals surface area contributed by atoms with Crippen LogP contribution in [0.1, 0.15) is 28.9 Å². The zero-order valence-corrected chi connectivity index (χ0v) is 13.2. The largest absolute Gasteiger partial charge is 0.496 e. The Morgan fingerprint density at radius 1 is 1.26 bits per heavy atom. The number of anilines is 1. The second-order valence-corrected chi connectivity index (χ2v) is 5.43. The number of nitrogens with one attached hydrogen (secondary N) is 1. The van der Waals surface area contributed by atoms with Gasteiger partial charge in [0.2, 0.25) is 5.95 Å². The van der Waals surface area contributed by atoms with Crippen LogP contribution >= 0.6 is 0 Å². The van der Waals surface area contributed by atoms with Crippen molar-refractivity contribution in [1.29, 1.82) is 0 Å². The second kappa shape index (κ2) is 7.09. The molecule has 120 valence electrons. The van der Waals surface area contributed by atoms with Gasteiger partial charge in [-0.1, -0.05) is 18.2 Å². The third-order valence-corrected chi connectivity index (χ3v) is 3.90. The molecule has 1 aliphatic heterocycles. The highest BCUT2D eigenvalue weighted by atomic mass is 16.5. The molecule has 0 spiro atoms. The maximum Gasteiger partial charge on any atom is 0.272 e. The van der Waals surface area contributed by atoms with Crippen molar-refractivity contribution < 1.29 is 9.53 Å². The molecule has 2 heterocycles. The van der Waals surface area contributed by atoms with E-state index in [0.717, 1.165) is 37.2 Å². The number of rotatable bonds is 5.